The average molecular weight is 860 g/mol. The van der Waals surface area contributed by atoms with E-state index in [4.69, 9.17) is 25.1 Å². The molecule has 46 heavy (non-hydrogen) atoms. The fourth-order valence-electron chi connectivity index (χ4n) is 7.45. The second kappa shape index (κ2) is 22.4. The topological polar surface area (TPSA) is 55.4 Å². The Labute approximate surface area is 292 Å². The molecule has 0 radical (unpaired) electrons. The van der Waals surface area contributed by atoms with Crippen molar-refractivity contribution < 1.29 is 25.1 Å². The molecule has 2 heterocycles. The first kappa shape index (κ1) is 41.0. The van der Waals surface area contributed by atoms with Crippen LogP contribution >= 0.6 is 0 Å². The van der Waals surface area contributed by atoms with Gasteiger partial charge in [-0.1, -0.05) is 0 Å². The van der Waals surface area contributed by atoms with Crippen molar-refractivity contribution in [3.05, 3.63) is 35.9 Å². The monoisotopic (exact) mass is 862 g/mol. The Morgan fingerprint density at radius 2 is 1.04 bits per heavy atom. The molecule has 6 atom stereocenters. The summed E-state index contributed by atoms with van der Waals surface area (Å²) >= 11 is -6.26. The van der Waals surface area contributed by atoms with Gasteiger partial charge in [-0.05, 0) is 0 Å². The maximum absolute atomic E-state index is 7.92. The Balaban J connectivity index is 2.11. The molecule has 1 aromatic rings. The summed E-state index contributed by atoms with van der Waals surface area (Å²) < 4.78 is 49.7. The van der Waals surface area contributed by atoms with Gasteiger partial charge in [0, 0.05) is 0 Å². The molecule has 0 aliphatic carbocycles. The Kier molecular flexibility index (Phi) is 20.0. The van der Waals surface area contributed by atoms with E-state index in [0.717, 1.165) is 5.56 Å². The van der Waals surface area contributed by atoms with Crippen LogP contribution in [0.3, 0.4) is 0 Å². The van der Waals surface area contributed by atoms with E-state index >= 15 is 0 Å². The van der Waals surface area contributed by atoms with Crippen molar-refractivity contribution in [2.45, 2.75) is 182 Å². The summed E-state index contributed by atoms with van der Waals surface area (Å²) in [7, 11) is 1.79. The fraction of sp³-hybridized carbons (Fsp3) is 0.842. The van der Waals surface area contributed by atoms with Gasteiger partial charge in [0.1, 0.15) is 0 Å². The van der Waals surface area contributed by atoms with Gasteiger partial charge in [0.05, 0.1) is 0 Å². The van der Waals surface area contributed by atoms with Crippen LogP contribution in [-0.2, 0) is 25.1 Å². The van der Waals surface area contributed by atoms with E-state index in [-0.39, 0.29) is 24.4 Å². The molecule has 266 valence electrons. The Morgan fingerprint density at radius 3 is 1.46 bits per heavy atom. The molecule has 0 bridgehead atoms. The third-order valence-corrected chi connectivity index (χ3v) is 36.3. The third-order valence-electron chi connectivity index (χ3n) is 10.3. The zero-order valence-electron chi connectivity index (χ0n) is 30.7. The van der Waals surface area contributed by atoms with E-state index in [1.807, 2.05) is 6.07 Å². The fourth-order valence-corrected chi connectivity index (χ4v) is 35.6. The standard InChI is InChI=1S/C14H16O6.6C4H9.2Sn/c1-17-14-11(16)10(15)12-9(19-14)7-18-13(20-12)8-5-3-2-4-6-8;6*1-3-4-2;;/h2-6,9-14H,7H2,1H3;6*1,3-4H2,2H3;;/q-2;;;;;;;2*+1/t9-,10-,11-,12-,13-,14+;;;;;;;;/m1......../s1. The van der Waals surface area contributed by atoms with Crippen LogP contribution in [0.5, 0.6) is 0 Å². The minimum atomic E-state index is -3.14. The molecule has 1 aromatic carbocycles. The molecule has 0 spiro atoms. The van der Waals surface area contributed by atoms with E-state index in [0.29, 0.717) is 6.61 Å². The van der Waals surface area contributed by atoms with Crippen LogP contribution in [0.4, 0.5) is 0 Å². The second-order valence-electron chi connectivity index (χ2n) is 14.1. The average Bonchev–Trinajstić information content (AvgIpc) is 3.10. The zero-order chi connectivity index (χ0) is 33.3. The maximum atomic E-state index is 7.92. The van der Waals surface area contributed by atoms with Crippen LogP contribution in [0.25, 0.3) is 0 Å². The molecule has 8 heteroatoms. The van der Waals surface area contributed by atoms with Crippen LogP contribution in [0.1, 0.15) is 130 Å². The first-order valence-electron chi connectivity index (χ1n) is 19.3. The molecule has 2 aliphatic rings. The van der Waals surface area contributed by atoms with Crippen LogP contribution in [-0.4, -0.2) is 82.0 Å². The molecule has 2 aliphatic heterocycles. The second-order valence-corrected chi connectivity index (χ2v) is 37.5. The van der Waals surface area contributed by atoms with Crippen LogP contribution in [0, 0.1) is 0 Å². The summed E-state index contributed by atoms with van der Waals surface area (Å²) in [6, 6.07) is 10.4. The van der Waals surface area contributed by atoms with Crippen LogP contribution < -0.4 is 0 Å². The van der Waals surface area contributed by atoms with Crippen molar-refractivity contribution in [1.82, 2.24) is 0 Å². The number of rotatable bonds is 24. The van der Waals surface area contributed by atoms with Crippen LogP contribution in [0.15, 0.2) is 30.3 Å². The molecule has 0 amide bonds. The van der Waals surface area contributed by atoms with Crippen molar-refractivity contribution in [1.29, 1.82) is 0 Å². The molecule has 0 aromatic heterocycles. The number of hydrogen-bond acceptors (Lipinski definition) is 6. The molecule has 6 nitrogen and oxygen atoms in total. The summed E-state index contributed by atoms with van der Waals surface area (Å²) in [5.41, 5.74) is 1.05. The molecule has 0 unspecified atom stereocenters. The normalized spacial score (nSPS) is 25.5. The molecule has 2 fully saturated rings. The van der Waals surface area contributed by atoms with Crippen LogP contribution in [0.2, 0.25) is 26.6 Å². The number of fused-ring (bicyclic) bond motifs is 1. The van der Waals surface area contributed by atoms with Gasteiger partial charge in [0.15, 0.2) is 0 Å². The van der Waals surface area contributed by atoms with Crippen molar-refractivity contribution in [2.75, 3.05) is 13.7 Å². The number of ether oxygens (including phenoxy) is 4. The zero-order valence-corrected chi connectivity index (χ0v) is 36.4. The minimum absolute atomic E-state index is 0.193. The van der Waals surface area contributed by atoms with Crippen molar-refractivity contribution >= 4 is 37.6 Å². The summed E-state index contributed by atoms with van der Waals surface area (Å²) in [6.45, 7) is 14.4. The predicted molar refractivity (Wildman–Crippen MR) is 195 cm³/mol. The number of benzene rings is 1. The molecule has 2 saturated heterocycles. The van der Waals surface area contributed by atoms with Gasteiger partial charge in [-0.25, -0.2) is 0 Å². The molecular weight excluding hydrogens is 790 g/mol. The van der Waals surface area contributed by atoms with Crippen molar-refractivity contribution in [3.8, 4) is 0 Å². The number of unbranched alkanes of at least 4 members (excludes halogenated alkanes) is 6. The number of methoxy groups -OCH3 is 1. The van der Waals surface area contributed by atoms with E-state index < -0.39 is 50.2 Å². The van der Waals surface area contributed by atoms with Gasteiger partial charge >= 0.3 is 294 Å². The molecule has 3 rings (SSSR count). The van der Waals surface area contributed by atoms with Gasteiger partial charge in [-0.2, -0.15) is 0 Å². The van der Waals surface area contributed by atoms with Crippen molar-refractivity contribution in [3.63, 3.8) is 0 Å². The molecule has 0 N–H and O–H groups in total. The predicted octanol–water partition coefficient (Wildman–Crippen LogP) is 10.9. The van der Waals surface area contributed by atoms with E-state index in [1.54, 1.807) is 7.11 Å². The van der Waals surface area contributed by atoms with E-state index in [9.17, 15) is 0 Å². The molecule has 0 saturated carbocycles. The first-order valence-corrected chi connectivity index (χ1v) is 33.7. The summed E-state index contributed by atoms with van der Waals surface area (Å²) in [5, 5.41) is 0. The van der Waals surface area contributed by atoms with Crippen molar-refractivity contribution in [2.24, 2.45) is 0 Å². The SMILES string of the molecule is CCC[CH2][Sn]([CH2]CCC)([CH2]CCC)[O][C@@H]1[C@@H]([O][Sn]([CH2]CCC)([CH2]CCC)[CH2]CCC)[C@@H](OC)O[C@@H]2CO[C@@H](c3ccccc3)O[C@@H]12. The summed E-state index contributed by atoms with van der Waals surface area (Å²) in [6.07, 6.45) is 12.9. The quantitative estimate of drug-likeness (QED) is 0.0966. The Hall–Kier alpha value is 0.577. The van der Waals surface area contributed by atoms with Gasteiger partial charge in [-0.15, -0.1) is 0 Å². The Bertz CT molecular complexity index is 876. The first-order chi connectivity index (χ1) is 22.4. The Morgan fingerprint density at radius 1 is 0.609 bits per heavy atom. The van der Waals surface area contributed by atoms with Gasteiger partial charge in [0.2, 0.25) is 0 Å². The van der Waals surface area contributed by atoms with Gasteiger partial charge in [0.25, 0.3) is 0 Å². The molecular formula is C38H70O6Sn2. The van der Waals surface area contributed by atoms with E-state index in [2.05, 4.69) is 65.8 Å². The summed E-state index contributed by atoms with van der Waals surface area (Å²) in [4.78, 5) is 0. The number of hydrogen-bond donors (Lipinski definition) is 0. The van der Waals surface area contributed by atoms with E-state index in [1.165, 1.54) is 104 Å². The third kappa shape index (κ3) is 12.1. The van der Waals surface area contributed by atoms with Gasteiger partial charge in [-0.3, -0.25) is 0 Å². The summed E-state index contributed by atoms with van der Waals surface area (Å²) in [5.74, 6) is 0. The van der Waals surface area contributed by atoms with Gasteiger partial charge < -0.3 is 0 Å².